The van der Waals surface area contributed by atoms with Crippen LogP contribution in [0.25, 0.3) is 0 Å². The van der Waals surface area contributed by atoms with E-state index in [1.807, 2.05) is 0 Å². The zero-order chi connectivity index (χ0) is 22.9. The van der Waals surface area contributed by atoms with E-state index in [9.17, 15) is 18.0 Å². The Balaban J connectivity index is 1.55. The third kappa shape index (κ3) is 4.80. The molecule has 0 spiro atoms. The van der Waals surface area contributed by atoms with Crippen molar-refractivity contribution in [2.45, 2.75) is 24.7 Å². The van der Waals surface area contributed by atoms with E-state index in [0.29, 0.717) is 28.8 Å². The van der Waals surface area contributed by atoms with Gasteiger partial charge < -0.3 is 20.1 Å². The number of hydrogen-bond donors (Lipinski definition) is 2. The van der Waals surface area contributed by atoms with E-state index in [4.69, 9.17) is 9.47 Å². The highest BCUT2D eigenvalue weighted by Crippen LogP contribution is 2.34. The number of nitrogens with one attached hydrogen (secondary N) is 2. The summed E-state index contributed by atoms with van der Waals surface area (Å²) in [6.07, 6.45) is 1.79. The van der Waals surface area contributed by atoms with E-state index in [0.717, 1.165) is 18.4 Å². The monoisotopic (exact) mass is 479 g/mol. The maximum Gasteiger partial charge on any atom is 0.266 e. The molecule has 1 aromatic carbocycles. The lowest BCUT2D eigenvalue weighted by Gasteiger charge is -2.26. The summed E-state index contributed by atoms with van der Waals surface area (Å²) in [5, 5.41) is 6.22. The molecule has 2 aliphatic rings. The average molecular weight is 480 g/mol. The Hall–Kier alpha value is -2.47. The number of hydrogen-bond acceptors (Lipinski definition) is 7. The first kappa shape index (κ1) is 22.7. The number of morpholine rings is 1. The molecule has 2 fully saturated rings. The van der Waals surface area contributed by atoms with Gasteiger partial charge in [0.2, 0.25) is 15.9 Å². The number of rotatable bonds is 7. The number of methoxy groups -OCH3 is 1. The highest BCUT2D eigenvalue weighted by atomic mass is 32.2. The van der Waals surface area contributed by atoms with Gasteiger partial charge in [-0.3, -0.25) is 9.59 Å². The van der Waals surface area contributed by atoms with Crippen molar-refractivity contribution in [3.63, 3.8) is 0 Å². The van der Waals surface area contributed by atoms with Crippen LogP contribution in [0.1, 0.15) is 28.1 Å². The molecule has 4 rings (SSSR count). The van der Waals surface area contributed by atoms with Crippen molar-refractivity contribution in [1.82, 2.24) is 4.31 Å². The summed E-state index contributed by atoms with van der Waals surface area (Å²) in [5.74, 6) is -0.0228. The molecular weight excluding hydrogens is 454 g/mol. The number of carbonyl (C=O) groups is 2. The molecule has 2 heterocycles. The van der Waals surface area contributed by atoms with Gasteiger partial charge in [-0.25, -0.2) is 8.42 Å². The van der Waals surface area contributed by atoms with E-state index in [2.05, 4.69) is 10.6 Å². The summed E-state index contributed by atoms with van der Waals surface area (Å²) in [7, 11) is -2.28. The summed E-state index contributed by atoms with van der Waals surface area (Å²) < 4.78 is 37.9. The highest BCUT2D eigenvalue weighted by molar-refractivity contribution is 7.89. The van der Waals surface area contributed by atoms with Crippen molar-refractivity contribution >= 4 is 43.9 Å². The largest absolute Gasteiger partial charge is 0.495 e. The van der Waals surface area contributed by atoms with E-state index >= 15 is 0 Å². The van der Waals surface area contributed by atoms with Gasteiger partial charge in [-0.15, -0.1) is 11.3 Å². The molecule has 32 heavy (non-hydrogen) atoms. The van der Waals surface area contributed by atoms with Crippen molar-refractivity contribution in [1.29, 1.82) is 0 Å². The van der Waals surface area contributed by atoms with Crippen LogP contribution in [0.3, 0.4) is 0 Å². The number of carbonyl (C=O) groups excluding carboxylic acids is 2. The molecule has 1 aliphatic heterocycles. The molecule has 9 nitrogen and oxygen atoms in total. The van der Waals surface area contributed by atoms with Gasteiger partial charge in [0.1, 0.15) is 5.75 Å². The minimum Gasteiger partial charge on any atom is -0.495 e. The molecule has 2 amide bonds. The quantitative estimate of drug-likeness (QED) is 0.631. The number of benzene rings is 1. The Morgan fingerprint density at radius 3 is 2.53 bits per heavy atom. The summed E-state index contributed by atoms with van der Waals surface area (Å²) in [4.78, 5) is 25.5. The predicted molar refractivity (Wildman–Crippen MR) is 121 cm³/mol. The smallest absolute Gasteiger partial charge is 0.266 e. The normalized spacial score (nSPS) is 17.1. The third-order valence-electron chi connectivity index (χ3n) is 5.35. The maximum atomic E-state index is 13.0. The van der Waals surface area contributed by atoms with Gasteiger partial charge in [-0.05, 0) is 49.6 Å². The van der Waals surface area contributed by atoms with Crippen LogP contribution in [-0.2, 0) is 19.6 Å². The molecule has 11 heteroatoms. The minimum atomic E-state index is -3.73. The number of anilines is 2. The second-order valence-electron chi connectivity index (χ2n) is 7.72. The molecule has 2 N–H and O–H groups in total. The van der Waals surface area contributed by atoms with Crippen molar-refractivity contribution in [2.24, 2.45) is 5.92 Å². The third-order valence-corrected chi connectivity index (χ3v) is 8.39. The number of ether oxygens (including phenoxy) is 2. The van der Waals surface area contributed by atoms with Gasteiger partial charge in [-0.1, -0.05) is 0 Å². The molecule has 2 aromatic rings. The molecule has 1 saturated carbocycles. The molecule has 1 aliphatic carbocycles. The lowest BCUT2D eigenvalue weighted by atomic mass is 10.2. The molecule has 0 atom stereocenters. The van der Waals surface area contributed by atoms with Gasteiger partial charge in [0.25, 0.3) is 5.91 Å². The van der Waals surface area contributed by atoms with Crippen LogP contribution in [0.5, 0.6) is 5.75 Å². The van der Waals surface area contributed by atoms with Crippen molar-refractivity contribution < 1.29 is 27.5 Å². The van der Waals surface area contributed by atoms with E-state index in [1.165, 1.54) is 41.0 Å². The van der Waals surface area contributed by atoms with Crippen LogP contribution in [0.2, 0.25) is 0 Å². The SMILES string of the molecule is COc1ccc(S(=O)(=O)N2CCOCC2)cc1NC(=O)c1sc(NC(=O)C2CC2)cc1C. The van der Waals surface area contributed by atoms with E-state index < -0.39 is 15.9 Å². The van der Waals surface area contributed by atoms with Crippen LogP contribution < -0.4 is 15.4 Å². The number of thiophene rings is 1. The summed E-state index contributed by atoms with van der Waals surface area (Å²) in [6, 6.07) is 6.14. The summed E-state index contributed by atoms with van der Waals surface area (Å²) in [5.41, 5.74) is 0.970. The van der Waals surface area contributed by atoms with Crippen LogP contribution in [0.4, 0.5) is 10.7 Å². The Morgan fingerprint density at radius 1 is 1.16 bits per heavy atom. The van der Waals surface area contributed by atoms with Gasteiger partial charge in [0.05, 0.1) is 40.8 Å². The molecular formula is C21H25N3O6S2. The number of aryl methyl sites for hydroxylation is 1. The zero-order valence-electron chi connectivity index (χ0n) is 17.8. The fourth-order valence-corrected chi connectivity index (χ4v) is 5.80. The first-order valence-corrected chi connectivity index (χ1v) is 12.5. The van der Waals surface area contributed by atoms with Crippen LogP contribution in [-0.4, -0.2) is 58.0 Å². The topological polar surface area (TPSA) is 114 Å². The van der Waals surface area contributed by atoms with Crippen molar-refractivity contribution in [3.05, 3.63) is 34.7 Å². The Morgan fingerprint density at radius 2 is 1.88 bits per heavy atom. The Labute approximate surface area is 190 Å². The average Bonchev–Trinajstić information content (AvgIpc) is 3.57. The fourth-order valence-electron chi connectivity index (χ4n) is 3.40. The number of nitrogens with zero attached hydrogens (tertiary/aromatic N) is 1. The van der Waals surface area contributed by atoms with Gasteiger partial charge >= 0.3 is 0 Å². The summed E-state index contributed by atoms with van der Waals surface area (Å²) >= 11 is 1.18. The van der Waals surface area contributed by atoms with E-state index in [-0.39, 0.29) is 35.5 Å². The Bertz CT molecular complexity index is 1130. The number of sulfonamides is 1. The van der Waals surface area contributed by atoms with Crippen LogP contribution in [0, 0.1) is 12.8 Å². The second-order valence-corrected chi connectivity index (χ2v) is 10.7. The molecule has 1 saturated heterocycles. The fraction of sp³-hybridized carbons (Fsp3) is 0.429. The van der Waals surface area contributed by atoms with Gasteiger partial charge in [0.15, 0.2) is 0 Å². The Kier molecular flexibility index (Phi) is 6.52. The lowest BCUT2D eigenvalue weighted by Crippen LogP contribution is -2.40. The maximum absolute atomic E-state index is 13.0. The molecule has 0 bridgehead atoms. The first-order valence-electron chi connectivity index (χ1n) is 10.3. The lowest BCUT2D eigenvalue weighted by molar-refractivity contribution is -0.117. The molecule has 0 unspecified atom stereocenters. The minimum absolute atomic E-state index is 0.0269. The standard InChI is InChI=1S/C21H25N3O6S2/c1-13-11-18(23-20(25)14-3-4-14)31-19(13)21(26)22-16-12-15(5-6-17(16)29-2)32(27,28)24-7-9-30-10-8-24/h5-6,11-12,14H,3-4,7-10H2,1-2H3,(H,22,26)(H,23,25). The molecule has 172 valence electrons. The molecule has 1 aromatic heterocycles. The summed E-state index contributed by atoms with van der Waals surface area (Å²) in [6.45, 7) is 3.03. The molecule has 0 radical (unpaired) electrons. The second kappa shape index (κ2) is 9.18. The van der Waals surface area contributed by atoms with Crippen LogP contribution in [0.15, 0.2) is 29.2 Å². The van der Waals surface area contributed by atoms with Gasteiger partial charge in [-0.2, -0.15) is 4.31 Å². The van der Waals surface area contributed by atoms with Gasteiger partial charge in [0, 0.05) is 19.0 Å². The highest BCUT2D eigenvalue weighted by Gasteiger charge is 2.30. The number of amides is 2. The van der Waals surface area contributed by atoms with Crippen molar-refractivity contribution in [2.75, 3.05) is 44.0 Å². The van der Waals surface area contributed by atoms with Crippen LogP contribution >= 0.6 is 11.3 Å². The van der Waals surface area contributed by atoms with E-state index in [1.54, 1.807) is 13.0 Å². The predicted octanol–water partition coefficient (Wildman–Crippen LogP) is 2.69. The first-order chi connectivity index (χ1) is 15.3. The zero-order valence-corrected chi connectivity index (χ0v) is 19.5. The van der Waals surface area contributed by atoms with Crippen molar-refractivity contribution in [3.8, 4) is 5.75 Å².